The zero-order chi connectivity index (χ0) is 11.5. The van der Waals surface area contributed by atoms with Crippen molar-refractivity contribution in [2.45, 2.75) is 17.9 Å². The van der Waals surface area contributed by atoms with Crippen LogP contribution in [-0.2, 0) is 9.53 Å². The van der Waals surface area contributed by atoms with Crippen LogP contribution in [0.3, 0.4) is 0 Å². The van der Waals surface area contributed by atoms with Crippen molar-refractivity contribution in [1.29, 1.82) is 0 Å². The second-order valence-corrected chi connectivity index (χ2v) is 4.82. The van der Waals surface area contributed by atoms with Crippen LogP contribution in [0.1, 0.15) is 6.92 Å². The van der Waals surface area contributed by atoms with E-state index >= 15 is 0 Å². The van der Waals surface area contributed by atoms with E-state index in [0.717, 1.165) is 18.0 Å². The summed E-state index contributed by atoms with van der Waals surface area (Å²) in [5.74, 6) is 0.981. The molecule has 1 aliphatic heterocycles. The van der Waals surface area contributed by atoms with E-state index in [4.69, 9.17) is 4.74 Å². The summed E-state index contributed by atoms with van der Waals surface area (Å²) < 4.78 is 5.08. The summed E-state index contributed by atoms with van der Waals surface area (Å²) in [4.78, 5) is 15.1. The molecule has 0 fully saturated rings. The van der Waals surface area contributed by atoms with Gasteiger partial charge in [-0.1, -0.05) is 12.1 Å². The normalized spacial score (nSPS) is 16.8. The van der Waals surface area contributed by atoms with Gasteiger partial charge in [0.15, 0.2) is 0 Å². The minimum atomic E-state index is -0.379. The molecule has 16 heavy (non-hydrogen) atoms. The summed E-state index contributed by atoms with van der Waals surface area (Å²) in [5.41, 5.74) is 1.01. The molecule has 3 nitrogen and oxygen atoms in total. The fourth-order valence-electron chi connectivity index (χ4n) is 1.72. The van der Waals surface area contributed by atoms with E-state index < -0.39 is 0 Å². The van der Waals surface area contributed by atoms with E-state index in [1.54, 1.807) is 25.8 Å². The number of amides is 1. The summed E-state index contributed by atoms with van der Waals surface area (Å²) >= 11 is 1.79. The van der Waals surface area contributed by atoms with Crippen molar-refractivity contribution in [3.8, 4) is 0 Å². The van der Waals surface area contributed by atoms with Crippen LogP contribution < -0.4 is 4.90 Å². The number of para-hydroxylation sites is 1. The maximum Gasteiger partial charge on any atom is 0.255 e. The number of methoxy groups -OCH3 is 1. The molecule has 0 N–H and O–H groups in total. The quantitative estimate of drug-likeness (QED) is 0.789. The number of hydrogen-bond donors (Lipinski definition) is 0. The maximum atomic E-state index is 12.1. The Labute approximate surface area is 99.8 Å². The Morgan fingerprint density at radius 1 is 1.50 bits per heavy atom. The Morgan fingerprint density at radius 2 is 2.25 bits per heavy atom. The molecule has 1 unspecified atom stereocenters. The smallest absolute Gasteiger partial charge is 0.255 e. The van der Waals surface area contributed by atoms with Crippen molar-refractivity contribution in [1.82, 2.24) is 0 Å². The summed E-state index contributed by atoms with van der Waals surface area (Å²) in [6.07, 6.45) is -0.379. The van der Waals surface area contributed by atoms with E-state index in [-0.39, 0.29) is 12.0 Å². The van der Waals surface area contributed by atoms with Crippen LogP contribution in [0, 0.1) is 0 Å². The van der Waals surface area contributed by atoms with Crippen LogP contribution >= 0.6 is 11.8 Å². The molecular weight excluding hydrogens is 222 g/mol. The molecule has 0 saturated carbocycles. The number of thioether (sulfide) groups is 1. The van der Waals surface area contributed by atoms with Gasteiger partial charge in [0, 0.05) is 24.3 Å². The molecule has 86 valence electrons. The monoisotopic (exact) mass is 237 g/mol. The van der Waals surface area contributed by atoms with Crippen molar-refractivity contribution in [3.05, 3.63) is 24.3 Å². The average molecular weight is 237 g/mol. The lowest BCUT2D eigenvalue weighted by molar-refractivity contribution is -0.127. The SMILES string of the molecule is COC(C)C(=O)N1CCSc2ccccc21. The fourth-order valence-corrected chi connectivity index (χ4v) is 2.71. The van der Waals surface area contributed by atoms with Gasteiger partial charge in [-0.25, -0.2) is 0 Å². The lowest BCUT2D eigenvalue weighted by Crippen LogP contribution is -2.41. The molecule has 0 radical (unpaired) electrons. The molecule has 1 heterocycles. The molecule has 0 spiro atoms. The standard InChI is InChI=1S/C12H15NO2S/c1-9(15-2)12(14)13-7-8-16-11-6-4-3-5-10(11)13/h3-6,9H,7-8H2,1-2H3. The Bertz CT molecular complexity index is 394. The van der Waals surface area contributed by atoms with Gasteiger partial charge in [0.25, 0.3) is 5.91 Å². The van der Waals surface area contributed by atoms with Gasteiger partial charge in [-0.15, -0.1) is 11.8 Å². The zero-order valence-electron chi connectivity index (χ0n) is 9.47. The van der Waals surface area contributed by atoms with Crippen LogP contribution in [0.2, 0.25) is 0 Å². The Balaban J connectivity index is 2.28. The van der Waals surface area contributed by atoms with Crippen molar-refractivity contribution in [2.75, 3.05) is 24.3 Å². The lowest BCUT2D eigenvalue weighted by atomic mass is 10.2. The van der Waals surface area contributed by atoms with Crippen molar-refractivity contribution >= 4 is 23.4 Å². The number of hydrogen-bond acceptors (Lipinski definition) is 3. The number of ether oxygens (including phenoxy) is 1. The molecule has 0 aromatic heterocycles. The first-order chi connectivity index (χ1) is 7.74. The molecule has 4 heteroatoms. The highest BCUT2D eigenvalue weighted by molar-refractivity contribution is 7.99. The molecule has 1 atom stereocenters. The van der Waals surface area contributed by atoms with E-state index in [1.807, 2.05) is 23.1 Å². The molecule has 1 amide bonds. The molecular formula is C12H15NO2S. The predicted molar refractivity (Wildman–Crippen MR) is 66.0 cm³/mol. The van der Waals surface area contributed by atoms with Gasteiger partial charge in [0.1, 0.15) is 6.10 Å². The minimum absolute atomic E-state index is 0.0373. The Kier molecular flexibility index (Phi) is 3.51. The number of fused-ring (bicyclic) bond motifs is 1. The second kappa shape index (κ2) is 4.89. The van der Waals surface area contributed by atoms with Crippen LogP contribution in [0.5, 0.6) is 0 Å². The van der Waals surface area contributed by atoms with Crippen LogP contribution in [-0.4, -0.2) is 31.4 Å². The highest BCUT2D eigenvalue weighted by Crippen LogP contribution is 2.34. The third-order valence-electron chi connectivity index (χ3n) is 2.70. The van der Waals surface area contributed by atoms with Crippen LogP contribution in [0.25, 0.3) is 0 Å². The molecule has 1 aromatic rings. The van der Waals surface area contributed by atoms with Gasteiger partial charge in [-0.05, 0) is 19.1 Å². The molecule has 0 bridgehead atoms. The van der Waals surface area contributed by atoms with Gasteiger partial charge in [-0.3, -0.25) is 4.79 Å². The summed E-state index contributed by atoms with van der Waals surface area (Å²) in [6.45, 7) is 2.54. The average Bonchev–Trinajstić information content (AvgIpc) is 2.36. The highest BCUT2D eigenvalue weighted by atomic mass is 32.2. The number of carbonyl (C=O) groups excluding carboxylic acids is 1. The van der Waals surface area contributed by atoms with Crippen molar-refractivity contribution in [3.63, 3.8) is 0 Å². The number of nitrogens with zero attached hydrogens (tertiary/aromatic N) is 1. The topological polar surface area (TPSA) is 29.5 Å². The minimum Gasteiger partial charge on any atom is -0.372 e. The Hall–Kier alpha value is -1.00. The zero-order valence-corrected chi connectivity index (χ0v) is 10.3. The molecule has 0 aliphatic carbocycles. The fraction of sp³-hybridized carbons (Fsp3) is 0.417. The summed E-state index contributed by atoms with van der Waals surface area (Å²) in [7, 11) is 1.56. The first-order valence-corrected chi connectivity index (χ1v) is 6.28. The number of benzene rings is 1. The first-order valence-electron chi connectivity index (χ1n) is 5.30. The number of carbonyl (C=O) groups is 1. The summed E-state index contributed by atoms with van der Waals surface area (Å²) in [5, 5.41) is 0. The molecule has 1 aromatic carbocycles. The van der Waals surface area contributed by atoms with E-state index in [9.17, 15) is 4.79 Å². The van der Waals surface area contributed by atoms with Gasteiger partial charge in [-0.2, -0.15) is 0 Å². The number of rotatable bonds is 2. The highest BCUT2D eigenvalue weighted by Gasteiger charge is 2.26. The van der Waals surface area contributed by atoms with Gasteiger partial charge in [0.05, 0.1) is 5.69 Å². The molecule has 0 saturated heterocycles. The second-order valence-electron chi connectivity index (χ2n) is 3.68. The third-order valence-corrected chi connectivity index (χ3v) is 3.74. The first kappa shape index (κ1) is 11.5. The molecule has 1 aliphatic rings. The van der Waals surface area contributed by atoms with Crippen LogP contribution in [0.4, 0.5) is 5.69 Å². The van der Waals surface area contributed by atoms with Gasteiger partial charge in [0.2, 0.25) is 0 Å². The number of anilines is 1. The van der Waals surface area contributed by atoms with E-state index in [0.29, 0.717) is 0 Å². The third kappa shape index (κ3) is 2.08. The molecule has 2 rings (SSSR count). The van der Waals surface area contributed by atoms with E-state index in [2.05, 4.69) is 6.07 Å². The van der Waals surface area contributed by atoms with Gasteiger partial charge >= 0.3 is 0 Å². The predicted octanol–water partition coefficient (Wildman–Crippen LogP) is 2.16. The van der Waals surface area contributed by atoms with Crippen molar-refractivity contribution in [2.24, 2.45) is 0 Å². The maximum absolute atomic E-state index is 12.1. The largest absolute Gasteiger partial charge is 0.372 e. The van der Waals surface area contributed by atoms with E-state index in [1.165, 1.54) is 4.90 Å². The van der Waals surface area contributed by atoms with Crippen LogP contribution in [0.15, 0.2) is 29.2 Å². The summed E-state index contributed by atoms with van der Waals surface area (Å²) in [6, 6.07) is 8.00. The van der Waals surface area contributed by atoms with Gasteiger partial charge < -0.3 is 9.64 Å². The lowest BCUT2D eigenvalue weighted by Gasteiger charge is -2.30. The van der Waals surface area contributed by atoms with Crippen molar-refractivity contribution < 1.29 is 9.53 Å². The Morgan fingerprint density at radius 3 is 3.00 bits per heavy atom.